The second-order valence-corrected chi connectivity index (χ2v) is 8.28. The Kier molecular flexibility index (Phi) is 7.11. The predicted molar refractivity (Wildman–Crippen MR) is 106 cm³/mol. The topological polar surface area (TPSA) is 80.9 Å². The highest BCUT2D eigenvalue weighted by atomic mass is 79.9. The maximum absolute atomic E-state index is 12.3. The second kappa shape index (κ2) is 8.90. The number of likely N-dealkylation sites (tertiary alicyclic amines) is 1. The predicted octanol–water partition coefficient (Wildman–Crippen LogP) is 3.28. The van der Waals surface area contributed by atoms with Gasteiger partial charge in [0.05, 0.1) is 6.61 Å². The molecule has 1 aliphatic heterocycles. The number of hydrogen-bond acceptors (Lipinski definition) is 6. The number of carbonyl (C=O) groups is 1. The third-order valence-electron chi connectivity index (χ3n) is 4.19. The van der Waals surface area contributed by atoms with Crippen molar-refractivity contribution in [1.82, 2.24) is 9.88 Å². The van der Waals surface area contributed by atoms with Crippen LogP contribution in [-0.4, -0.2) is 61.0 Å². The van der Waals surface area contributed by atoms with Crippen LogP contribution in [0.4, 0.5) is 16.3 Å². The van der Waals surface area contributed by atoms with E-state index in [1.165, 1.54) is 0 Å². The van der Waals surface area contributed by atoms with Crippen molar-refractivity contribution in [2.45, 2.75) is 45.3 Å². The Morgan fingerprint density at radius 3 is 2.58 bits per heavy atom. The second-order valence-electron chi connectivity index (χ2n) is 7.47. The largest absolute Gasteiger partial charge is 0.444 e. The number of halogens is 1. The van der Waals surface area contributed by atoms with Crippen molar-refractivity contribution in [2.24, 2.45) is 0 Å². The fourth-order valence-corrected chi connectivity index (χ4v) is 3.46. The first-order valence-electron chi connectivity index (χ1n) is 8.86. The Morgan fingerprint density at radius 1 is 1.38 bits per heavy atom. The highest BCUT2D eigenvalue weighted by molar-refractivity contribution is 9.10. The molecule has 0 bridgehead atoms. The van der Waals surface area contributed by atoms with E-state index in [9.17, 15) is 4.79 Å². The van der Waals surface area contributed by atoms with Gasteiger partial charge in [0.1, 0.15) is 16.0 Å². The molecule has 0 aliphatic carbocycles. The van der Waals surface area contributed by atoms with E-state index < -0.39 is 5.60 Å². The van der Waals surface area contributed by atoms with Crippen LogP contribution in [0.2, 0.25) is 0 Å². The van der Waals surface area contributed by atoms with Crippen LogP contribution < -0.4 is 10.6 Å². The molecule has 0 aromatic carbocycles. The van der Waals surface area contributed by atoms with Gasteiger partial charge in [0, 0.05) is 44.5 Å². The van der Waals surface area contributed by atoms with Gasteiger partial charge < -0.3 is 25.0 Å². The lowest BCUT2D eigenvalue weighted by molar-refractivity contribution is 0.0203. The number of carbonyl (C=O) groups excluding carboxylic acids is 1. The number of nitrogens with two attached hydrogens (primary N) is 1. The highest BCUT2D eigenvalue weighted by Crippen LogP contribution is 2.26. The number of piperidine rings is 1. The van der Waals surface area contributed by atoms with Crippen LogP contribution in [0.3, 0.4) is 0 Å². The molecule has 0 spiro atoms. The van der Waals surface area contributed by atoms with Gasteiger partial charge in [0.15, 0.2) is 0 Å². The maximum atomic E-state index is 12.3. The number of nitrogens with zero attached hydrogens (tertiary/aromatic N) is 3. The number of nitrogen functional groups attached to an aromatic ring is 1. The Morgan fingerprint density at radius 2 is 2.04 bits per heavy atom. The standard InChI is InChI=1S/C18H29BrN4O3/c1-18(2,3)26-17(24)22-7-5-14(6-8-22)23(9-10-25-4)16-12-13(20)11-15(19)21-16/h11-12,14H,5-10H2,1-4H3,(H2,20,21). The van der Waals surface area contributed by atoms with Crippen LogP contribution in [0.15, 0.2) is 16.7 Å². The van der Waals surface area contributed by atoms with Crippen molar-refractivity contribution in [3.05, 3.63) is 16.7 Å². The van der Waals surface area contributed by atoms with Crippen molar-refractivity contribution >= 4 is 33.5 Å². The molecule has 8 heteroatoms. The summed E-state index contributed by atoms with van der Waals surface area (Å²) in [6.07, 6.45) is 1.44. The molecular weight excluding hydrogens is 400 g/mol. The normalized spacial score (nSPS) is 15.8. The number of methoxy groups -OCH3 is 1. The maximum Gasteiger partial charge on any atom is 0.410 e. The van der Waals surface area contributed by atoms with E-state index in [-0.39, 0.29) is 12.1 Å². The molecule has 0 saturated carbocycles. The number of aromatic nitrogens is 1. The molecule has 1 amide bonds. The van der Waals surface area contributed by atoms with Crippen molar-refractivity contribution in [3.8, 4) is 0 Å². The fraction of sp³-hybridized carbons (Fsp3) is 0.667. The number of amides is 1. The molecule has 0 radical (unpaired) electrons. The van der Waals surface area contributed by atoms with Crippen LogP contribution >= 0.6 is 15.9 Å². The summed E-state index contributed by atoms with van der Waals surface area (Å²) in [6.45, 7) is 8.28. The number of rotatable bonds is 5. The van der Waals surface area contributed by atoms with Crippen LogP contribution in [0, 0.1) is 0 Å². The summed E-state index contributed by atoms with van der Waals surface area (Å²) in [4.78, 5) is 20.8. The zero-order chi connectivity index (χ0) is 19.3. The van der Waals surface area contributed by atoms with Gasteiger partial charge in [-0.3, -0.25) is 0 Å². The van der Waals surface area contributed by atoms with Gasteiger partial charge in [0.25, 0.3) is 0 Å². The number of hydrogen-bond donors (Lipinski definition) is 1. The van der Waals surface area contributed by atoms with E-state index in [2.05, 4.69) is 25.8 Å². The molecule has 2 N–H and O–H groups in total. The quantitative estimate of drug-likeness (QED) is 0.724. The summed E-state index contributed by atoms with van der Waals surface area (Å²) in [5.74, 6) is 0.824. The molecule has 0 atom stereocenters. The molecule has 1 saturated heterocycles. The Hall–Kier alpha value is -1.54. The van der Waals surface area contributed by atoms with Crippen molar-refractivity contribution in [2.75, 3.05) is 44.0 Å². The number of anilines is 2. The Balaban J connectivity index is 2.05. The van der Waals surface area contributed by atoms with Gasteiger partial charge in [-0.05, 0) is 55.6 Å². The van der Waals surface area contributed by atoms with E-state index in [0.29, 0.717) is 30.0 Å². The van der Waals surface area contributed by atoms with E-state index in [1.54, 1.807) is 18.1 Å². The minimum atomic E-state index is -0.476. The van der Waals surface area contributed by atoms with Crippen LogP contribution in [0.5, 0.6) is 0 Å². The summed E-state index contributed by atoms with van der Waals surface area (Å²) in [6, 6.07) is 3.93. The molecule has 2 rings (SSSR count). The minimum absolute atomic E-state index is 0.246. The average Bonchev–Trinajstić information content (AvgIpc) is 2.53. The zero-order valence-electron chi connectivity index (χ0n) is 16.0. The molecule has 1 fully saturated rings. The molecule has 7 nitrogen and oxygen atoms in total. The lowest BCUT2D eigenvalue weighted by Crippen LogP contribution is -2.49. The van der Waals surface area contributed by atoms with E-state index in [4.69, 9.17) is 15.2 Å². The molecule has 1 aliphatic rings. The van der Waals surface area contributed by atoms with Crippen molar-refractivity contribution in [3.63, 3.8) is 0 Å². The molecular formula is C18H29BrN4O3. The third-order valence-corrected chi connectivity index (χ3v) is 4.60. The van der Waals surface area contributed by atoms with Crippen LogP contribution in [0.1, 0.15) is 33.6 Å². The van der Waals surface area contributed by atoms with Crippen LogP contribution in [0.25, 0.3) is 0 Å². The van der Waals surface area contributed by atoms with Crippen molar-refractivity contribution in [1.29, 1.82) is 0 Å². The Labute approximate surface area is 164 Å². The first-order valence-corrected chi connectivity index (χ1v) is 9.65. The number of pyridine rings is 1. The average molecular weight is 429 g/mol. The summed E-state index contributed by atoms with van der Waals surface area (Å²) in [7, 11) is 1.69. The third kappa shape index (κ3) is 6.02. The van der Waals surface area contributed by atoms with Crippen molar-refractivity contribution < 1.29 is 14.3 Å². The molecule has 2 heterocycles. The monoisotopic (exact) mass is 428 g/mol. The van der Waals surface area contributed by atoms with E-state index in [0.717, 1.165) is 25.2 Å². The summed E-state index contributed by atoms with van der Waals surface area (Å²) in [5.41, 5.74) is 6.17. The SMILES string of the molecule is COCCN(c1cc(N)cc(Br)n1)C1CCN(C(=O)OC(C)(C)C)CC1. The molecule has 0 unspecified atom stereocenters. The Bertz CT molecular complexity index is 593. The lowest BCUT2D eigenvalue weighted by atomic mass is 10.0. The number of ether oxygens (including phenoxy) is 2. The summed E-state index contributed by atoms with van der Waals surface area (Å²) in [5, 5.41) is 0. The van der Waals surface area contributed by atoms with E-state index in [1.807, 2.05) is 26.8 Å². The summed E-state index contributed by atoms with van der Waals surface area (Å²) < 4.78 is 11.4. The first kappa shape index (κ1) is 20.8. The van der Waals surface area contributed by atoms with Gasteiger partial charge in [-0.25, -0.2) is 9.78 Å². The summed E-state index contributed by atoms with van der Waals surface area (Å²) >= 11 is 3.41. The van der Waals surface area contributed by atoms with Gasteiger partial charge in [0.2, 0.25) is 0 Å². The molecule has 146 valence electrons. The van der Waals surface area contributed by atoms with Crippen LogP contribution in [-0.2, 0) is 9.47 Å². The van der Waals surface area contributed by atoms with Gasteiger partial charge in [-0.2, -0.15) is 0 Å². The highest BCUT2D eigenvalue weighted by Gasteiger charge is 2.30. The molecule has 26 heavy (non-hydrogen) atoms. The minimum Gasteiger partial charge on any atom is -0.444 e. The van der Waals surface area contributed by atoms with Gasteiger partial charge >= 0.3 is 6.09 Å². The molecule has 1 aromatic heterocycles. The zero-order valence-corrected chi connectivity index (χ0v) is 17.6. The van der Waals surface area contributed by atoms with E-state index >= 15 is 0 Å². The lowest BCUT2D eigenvalue weighted by Gasteiger charge is -2.39. The fourth-order valence-electron chi connectivity index (χ4n) is 3.01. The van der Waals surface area contributed by atoms with Gasteiger partial charge in [-0.1, -0.05) is 0 Å². The smallest absolute Gasteiger partial charge is 0.410 e. The molecule has 1 aromatic rings. The van der Waals surface area contributed by atoms with Gasteiger partial charge in [-0.15, -0.1) is 0 Å². The first-order chi connectivity index (χ1) is 12.2.